The lowest BCUT2D eigenvalue weighted by Gasteiger charge is -2.22. The average molecular weight is 383 g/mol. The van der Waals surface area contributed by atoms with Crippen LogP contribution in [0.15, 0.2) is 83.7 Å². The number of carbonyl (C=O) groups is 1. The number of aromatic amines is 1. The molecule has 1 N–H and O–H groups in total. The van der Waals surface area contributed by atoms with E-state index in [1.54, 1.807) is 23.1 Å². The number of rotatable bonds is 5. The first-order chi connectivity index (χ1) is 14.2. The molecule has 0 spiro atoms. The highest BCUT2D eigenvalue weighted by molar-refractivity contribution is 6.00. The third-order valence-corrected chi connectivity index (χ3v) is 4.91. The van der Waals surface area contributed by atoms with E-state index < -0.39 is 0 Å². The van der Waals surface area contributed by atoms with Crippen molar-refractivity contribution in [2.24, 2.45) is 0 Å². The fourth-order valence-corrected chi connectivity index (χ4v) is 3.43. The third-order valence-electron chi connectivity index (χ3n) is 4.91. The van der Waals surface area contributed by atoms with Gasteiger partial charge in [0, 0.05) is 12.1 Å². The standard InChI is InChI=1S/C24H21N3O2/c1-2-27(16-22-25-21-15-9-8-14-20(21)23(28)26-22)24(29)19-13-7-6-12-18(19)17-10-4-3-5-11-17/h3-15H,2,16H2,1H3,(H,25,26,28). The predicted octanol–water partition coefficient (Wildman–Crippen LogP) is 4.25. The highest BCUT2D eigenvalue weighted by atomic mass is 16.2. The van der Waals surface area contributed by atoms with Gasteiger partial charge in [-0.2, -0.15) is 0 Å². The van der Waals surface area contributed by atoms with Gasteiger partial charge in [-0.3, -0.25) is 9.59 Å². The molecule has 5 nitrogen and oxygen atoms in total. The van der Waals surface area contributed by atoms with Gasteiger partial charge >= 0.3 is 0 Å². The molecule has 0 aliphatic carbocycles. The van der Waals surface area contributed by atoms with Crippen molar-refractivity contribution in [3.63, 3.8) is 0 Å². The number of aromatic nitrogens is 2. The Morgan fingerprint density at radius 2 is 1.62 bits per heavy atom. The molecule has 0 fully saturated rings. The molecule has 144 valence electrons. The number of hydrogen-bond donors (Lipinski definition) is 1. The Kier molecular flexibility index (Phi) is 5.20. The number of hydrogen-bond acceptors (Lipinski definition) is 3. The molecule has 0 bridgehead atoms. The molecule has 0 atom stereocenters. The quantitative estimate of drug-likeness (QED) is 0.560. The minimum absolute atomic E-state index is 0.0947. The summed E-state index contributed by atoms with van der Waals surface area (Å²) in [5.41, 5.74) is 2.93. The van der Waals surface area contributed by atoms with Crippen LogP contribution >= 0.6 is 0 Å². The van der Waals surface area contributed by atoms with Gasteiger partial charge in [0.2, 0.25) is 0 Å². The van der Waals surface area contributed by atoms with Crippen molar-refractivity contribution in [2.75, 3.05) is 6.54 Å². The van der Waals surface area contributed by atoms with Crippen molar-refractivity contribution in [3.8, 4) is 11.1 Å². The second kappa shape index (κ2) is 8.10. The molecule has 1 aromatic heterocycles. The largest absolute Gasteiger partial charge is 0.331 e. The Bertz CT molecular complexity index is 1220. The van der Waals surface area contributed by atoms with Gasteiger partial charge in [0.25, 0.3) is 11.5 Å². The molecule has 0 saturated carbocycles. The number of para-hydroxylation sites is 1. The topological polar surface area (TPSA) is 66.1 Å². The highest BCUT2D eigenvalue weighted by Gasteiger charge is 2.19. The van der Waals surface area contributed by atoms with Crippen LogP contribution in [0.5, 0.6) is 0 Å². The fraction of sp³-hybridized carbons (Fsp3) is 0.125. The highest BCUT2D eigenvalue weighted by Crippen LogP contribution is 2.25. The summed E-state index contributed by atoms with van der Waals surface area (Å²) in [6.45, 7) is 2.65. The first-order valence-corrected chi connectivity index (χ1v) is 9.59. The Morgan fingerprint density at radius 1 is 0.931 bits per heavy atom. The molecule has 0 unspecified atom stereocenters. The second-order valence-electron chi connectivity index (χ2n) is 6.76. The summed E-state index contributed by atoms with van der Waals surface area (Å²) < 4.78 is 0. The first kappa shape index (κ1) is 18.6. The predicted molar refractivity (Wildman–Crippen MR) is 115 cm³/mol. The van der Waals surface area contributed by atoms with E-state index in [2.05, 4.69) is 9.97 Å². The van der Waals surface area contributed by atoms with E-state index in [-0.39, 0.29) is 18.0 Å². The van der Waals surface area contributed by atoms with Gasteiger partial charge in [-0.1, -0.05) is 60.7 Å². The van der Waals surface area contributed by atoms with Gasteiger partial charge in [-0.15, -0.1) is 0 Å². The van der Waals surface area contributed by atoms with E-state index in [0.29, 0.717) is 28.8 Å². The molecule has 0 aliphatic heterocycles. The number of carbonyl (C=O) groups excluding carboxylic acids is 1. The molecule has 4 aromatic rings. The van der Waals surface area contributed by atoms with Gasteiger partial charge in [0.05, 0.1) is 17.4 Å². The molecular weight excluding hydrogens is 362 g/mol. The van der Waals surface area contributed by atoms with Crippen molar-refractivity contribution in [2.45, 2.75) is 13.5 Å². The molecule has 5 heteroatoms. The number of amides is 1. The zero-order valence-electron chi connectivity index (χ0n) is 16.1. The van der Waals surface area contributed by atoms with Crippen molar-refractivity contribution in [1.29, 1.82) is 0 Å². The molecule has 1 amide bonds. The number of nitrogens with zero attached hydrogens (tertiary/aromatic N) is 2. The van der Waals surface area contributed by atoms with Crippen molar-refractivity contribution in [3.05, 3.63) is 101 Å². The maximum atomic E-state index is 13.3. The third kappa shape index (κ3) is 3.80. The second-order valence-corrected chi connectivity index (χ2v) is 6.76. The number of fused-ring (bicyclic) bond motifs is 1. The lowest BCUT2D eigenvalue weighted by Crippen LogP contribution is -2.32. The molecule has 4 rings (SSSR count). The lowest BCUT2D eigenvalue weighted by molar-refractivity contribution is 0.0749. The van der Waals surface area contributed by atoms with Crippen molar-refractivity contribution in [1.82, 2.24) is 14.9 Å². The van der Waals surface area contributed by atoms with Crippen LogP contribution in [0.3, 0.4) is 0 Å². The van der Waals surface area contributed by atoms with Gasteiger partial charge in [-0.05, 0) is 36.2 Å². The molecule has 0 radical (unpaired) electrons. The number of benzene rings is 3. The van der Waals surface area contributed by atoms with Crippen LogP contribution < -0.4 is 5.56 Å². The summed E-state index contributed by atoms with van der Waals surface area (Å²) in [6.07, 6.45) is 0. The average Bonchev–Trinajstić information content (AvgIpc) is 2.77. The Labute approximate surface area is 168 Å². The maximum absolute atomic E-state index is 13.3. The minimum atomic E-state index is -0.196. The van der Waals surface area contributed by atoms with Crippen molar-refractivity contribution < 1.29 is 4.79 Å². The monoisotopic (exact) mass is 383 g/mol. The van der Waals surface area contributed by atoms with E-state index in [1.165, 1.54) is 0 Å². The zero-order valence-corrected chi connectivity index (χ0v) is 16.1. The number of H-pyrrole nitrogens is 1. The van der Waals surface area contributed by atoms with Gasteiger partial charge in [0.15, 0.2) is 0 Å². The molecule has 0 saturated heterocycles. The lowest BCUT2D eigenvalue weighted by atomic mass is 9.99. The van der Waals surface area contributed by atoms with E-state index >= 15 is 0 Å². The summed E-state index contributed by atoms with van der Waals surface area (Å²) in [5, 5.41) is 0.542. The normalized spacial score (nSPS) is 10.8. The minimum Gasteiger partial charge on any atom is -0.331 e. The van der Waals surface area contributed by atoms with Crippen LogP contribution in [0.25, 0.3) is 22.0 Å². The summed E-state index contributed by atoms with van der Waals surface area (Å²) in [4.78, 5) is 34.7. The van der Waals surface area contributed by atoms with Crippen LogP contribution in [0, 0.1) is 0 Å². The van der Waals surface area contributed by atoms with Crippen LogP contribution in [0.4, 0.5) is 0 Å². The molecule has 1 heterocycles. The summed E-state index contributed by atoms with van der Waals surface area (Å²) >= 11 is 0. The van der Waals surface area contributed by atoms with E-state index in [0.717, 1.165) is 11.1 Å². The van der Waals surface area contributed by atoms with Crippen LogP contribution in [0.1, 0.15) is 23.1 Å². The van der Waals surface area contributed by atoms with Crippen LogP contribution in [-0.4, -0.2) is 27.3 Å². The molecule has 3 aromatic carbocycles. The molecule has 29 heavy (non-hydrogen) atoms. The Balaban J connectivity index is 1.68. The van der Waals surface area contributed by atoms with E-state index in [1.807, 2.05) is 67.6 Å². The van der Waals surface area contributed by atoms with Crippen LogP contribution in [0.2, 0.25) is 0 Å². The summed E-state index contributed by atoms with van der Waals surface area (Å²) in [5.74, 6) is 0.379. The molecular formula is C24H21N3O2. The Hall–Kier alpha value is -3.73. The molecule has 0 aliphatic rings. The maximum Gasteiger partial charge on any atom is 0.258 e. The first-order valence-electron chi connectivity index (χ1n) is 9.59. The smallest absolute Gasteiger partial charge is 0.258 e. The SMILES string of the molecule is CCN(Cc1nc2ccccc2c(=O)[nH]1)C(=O)c1ccccc1-c1ccccc1. The van der Waals surface area contributed by atoms with Crippen molar-refractivity contribution >= 4 is 16.8 Å². The zero-order chi connectivity index (χ0) is 20.2. The van der Waals surface area contributed by atoms with E-state index in [4.69, 9.17) is 0 Å². The van der Waals surface area contributed by atoms with Gasteiger partial charge < -0.3 is 9.88 Å². The van der Waals surface area contributed by atoms with E-state index in [9.17, 15) is 9.59 Å². The summed E-state index contributed by atoms with van der Waals surface area (Å²) in [7, 11) is 0. The summed E-state index contributed by atoms with van der Waals surface area (Å²) in [6, 6.07) is 24.6. The Morgan fingerprint density at radius 3 is 2.41 bits per heavy atom. The van der Waals surface area contributed by atoms with Crippen LogP contribution in [-0.2, 0) is 6.54 Å². The van der Waals surface area contributed by atoms with Gasteiger partial charge in [-0.25, -0.2) is 4.98 Å². The fourth-order valence-electron chi connectivity index (χ4n) is 3.43. The van der Waals surface area contributed by atoms with Gasteiger partial charge in [0.1, 0.15) is 5.82 Å². The number of nitrogens with one attached hydrogen (secondary N) is 1.